The van der Waals surface area contributed by atoms with E-state index in [-0.39, 0.29) is 17.7 Å². The highest BCUT2D eigenvalue weighted by Gasteiger charge is 2.28. The van der Waals surface area contributed by atoms with E-state index in [1.54, 1.807) is 0 Å². The Labute approximate surface area is 140 Å². The molecule has 0 aromatic carbocycles. The molecule has 5 nitrogen and oxygen atoms in total. The molecule has 2 amide bonds. The lowest BCUT2D eigenvalue weighted by molar-refractivity contribution is -0.138. The van der Waals surface area contributed by atoms with Crippen molar-refractivity contribution in [3.05, 3.63) is 0 Å². The van der Waals surface area contributed by atoms with E-state index in [4.69, 9.17) is 0 Å². The molecular formula is C18H33N3O2. The van der Waals surface area contributed by atoms with Gasteiger partial charge in [-0.15, -0.1) is 0 Å². The Hall–Kier alpha value is -1.10. The van der Waals surface area contributed by atoms with Gasteiger partial charge in [0.2, 0.25) is 11.8 Å². The Balaban J connectivity index is 1.73. The number of nitrogens with zero attached hydrogens (tertiary/aromatic N) is 1. The summed E-state index contributed by atoms with van der Waals surface area (Å²) >= 11 is 0. The molecule has 0 unspecified atom stereocenters. The van der Waals surface area contributed by atoms with E-state index in [1.165, 1.54) is 12.8 Å². The minimum absolute atomic E-state index is 0.0782. The van der Waals surface area contributed by atoms with Gasteiger partial charge >= 0.3 is 0 Å². The topological polar surface area (TPSA) is 61.4 Å². The maximum Gasteiger partial charge on any atom is 0.244 e. The molecule has 23 heavy (non-hydrogen) atoms. The van der Waals surface area contributed by atoms with E-state index < -0.39 is 6.04 Å². The normalized spacial score (nSPS) is 21.9. The van der Waals surface area contributed by atoms with Crippen molar-refractivity contribution >= 4 is 11.8 Å². The monoisotopic (exact) mass is 323 g/mol. The summed E-state index contributed by atoms with van der Waals surface area (Å²) in [5, 5.41) is 6.14. The number of hydrogen-bond acceptors (Lipinski definition) is 3. The van der Waals surface area contributed by atoms with Crippen LogP contribution in [0.2, 0.25) is 0 Å². The van der Waals surface area contributed by atoms with Crippen molar-refractivity contribution in [3.63, 3.8) is 0 Å². The minimum atomic E-state index is -0.390. The number of amides is 2. The molecule has 1 saturated carbocycles. The maximum absolute atomic E-state index is 12.5. The molecular weight excluding hydrogens is 290 g/mol. The largest absolute Gasteiger partial charge is 0.344 e. The van der Waals surface area contributed by atoms with Crippen LogP contribution in [-0.4, -0.2) is 49.4 Å². The molecule has 0 radical (unpaired) electrons. The van der Waals surface area contributed by atoms with Crippen LogP contribution in [0.3, 0.4) is 0 Å². The SMILES string of the molecule is CNCCC1CCN(C(=O)[C@H](C)NC(=O)C2CCCCC2)CC1. The van der Waals surface area contributed by atoms with Crippen LogP contribution in [0.15, 0.2) is 0 Å². The van der Waals surface area contributed by atoms with Gasteiger partial charge in [-0.25, -0.2) is 0 Å². The lowest BCUT2D eigenvalue weighted by Gasteiger charge is -2.34. The van der Waals surface area contributed by atoms with Gasteiger partial charge in [-0.2, -0.15) is 0 Å². The number of carbonyl (C=O) groups is 2. The molecule has 132 valence electrons. The first-order valence-electron chi connectivity index (χ1n) is 9.35. The smallest absolute Gasteiger partial charge is 0.244 e. The summed E-state index contributed by atoms with van der Waals surface area (Å²) < 4.78 is 0. The summed E-state index contributed by atoms with van der Waals surface area (Å²) in [7, 11) is 1.98. The van der Waals surface area contributed by atoms with E-state index in [0.29, 0.717) is 0 Å². The fourth-order valence-electron chi connectivity index (χ4n) is 3.82. The molecule has 1 atom stereocenters. The van der Waals surface area contributed by atoms with Crippen LogP contribution in [0.25, 0.3) is 0 Å². The molecule has 2 rings (SSSR count). The average Bonchev–Trinajstić information content (AvgIpc) is 2.60. The molecule has 0 aromatic heterocycles. The van der Waals surface area contributed by atoms with E-state index >= 15 is 0 Å². The Morgan fingerprint density at radius 3 is 2.35 bits per heavy atom. The molecule has 2 fully saturated rings. The first-order valence-corrected chi connectivity index (χ1v) is 9.35. The van der Waals surface area contributed by atoms with E-state index in [0.717, 1.165) is 64.1 Å². The number of piperidine rings is 1. The number of rotatable bonds is 6. The van der Waals surface area contributed by atoms with Crippen molar-refractivity contribution in [1.82, 2.24) is 15.5 Å². The number of carbonyl (C=O) groups excluding carboxylic acids is 2. The van der Waals surface area contributed by atoms with Crippen molar-refractivity contribution in [2.45, 2.75) is 64.3 Å². The highest BCUT2D eigenvalue weighted by molar-refractivity contribution is 5.88. The predicted octanol–water partition coefficient (Wildman–Crippen LogP) is 1.92. The summed E-state index contributed by atoms with van der Waals surface area (Å²) in [6.07, 6.45) is 8.81. The molecule has 0 bridgehead atoms. The summed E-state index contributed by atoms with van der Waals surface area (Å²) in [5.74, 6) is 1.00. The highest BCUT2D eigenvalue weighted by Crippen LogP contribution is 2.24. The van der Waals surface area contributed by atoms with Crippen LogP contribution in [0.5, 0.6) is 0 Å². The fourth-order valence-corrected chi connectivity index (χ4v) is 3.82. The molecule has 0 spiro atoms. The molecule has 1 heterocycles. The molecule has 0 aromatic rings. The number of hydrogen-bond donors (Lipinski definition) is 2. The summed E-state index contributed by atoms with van der Waals surface area (Å²) in [6, 6.07) is -0.390. The second-order valence-corrected chi connectivity index (χ2v) is 7.23. The van der Waals surface area contributed by atoms with Crippen LogP contribution >= 0.6 is 0 Å². The second kappa shape index (κ2) is 9.26. The van der Waals surface area contributed by atoms with E-state index in [2.05, 4.69) is 10.6 Å². The van der Waals surface area contributed by atoms with Gasteiger partial charge in [0.15, 0.2) is 0 Å². The molecule has 1 saturated heterocycles. The van der Waals surface area contributed by atoms with Gasteiger partial charge in [0.05, 0.1) is 0 Å². The number of nitrogens with one attached hydrogen (secondary N) is 2. The summed E-state index contributed by atoms with van der Waals surface area (Å²) in [4.78, 5) is 26.7. The van der Waals surface area contributed by atoms with Crippen LogP contribution in [0, 0.1) is 11.8 Å². The van der Waals surface area contributed by atoms with Crippen LogP contribution in [0.1, 0.15) is 58.3 Å². The zero-order valence-corrected chi connectivity index (χ0v) is 14.8. The van der Waals surface area contributed by atoms with Gasteiger partial charge in [-0.05, 0) is 58.5 Å². The van der Waals surface area contributed by atoms with E-state index in [1.807, 2.05) is 18.9 Å². The van der Waals surface area contributed by atoms with Crippen LogP contribution in [0.4, 0.5) is 0 Å². The number of likely N-dealkylation sites (tertiary alicyclic amines) is 1. The second-order valence-electron chi connectivity index (χ2n) is 7.23. The maximum atomic E-state index is 12.5. The van der Waals surface area contributed by atoms with Crippen molar-refractivity contribution in [3.8, 4) is 0 Å². The molecule has 2 N–H and O–H groups in total. The Bertz CT molecular complexity index is 386. The minimum Gasteiger partial charge on any atom is -0.344 e. The molecule has 2 aliphatic rings. The van der Waals surface area contributed by atoms with Gasteiger partial charge in [0, 0.05) is 19.0 Å². The van der Waals surface area contributed by atoms with Gasteiger partial charge < -0.3 is 15.5 Å². The molecule has 1 aliphatic heterocycles. The van der Waals surface area contributed by atoms with Crippen LogP contribution in [-0.2, 0) is 9.59 Å². The highest BCUT2D eigenvalue weighted by atomic mass is 16.2. The van der Waals surface area contributed by atoms with Gasteiger partial charge in [0.1, 0.15) is 6.04 Å². The van der Waals surface area contributed by atoms with Crippen molar-refractivity contribution < 1.29 is 9.59 Å². The third-order valence-electron chi connectivity index (χ3n) is 5.43. The average molecular weight is 323 g/mol. The zero-order chi connectivity index (χ0) is 16.7. The Morgan fingerprint density at radius 2 is 1.74 bits per heavy atom. The fraction of sp³-hybridized carbons (Fsp3) is 0.889. The standard InChI is InChI=1S/C18H33N3O2/c1-14(20-17(22)16-6-4-3-5-7-16)18(23)21-12-9-15(10-13-21)8-11-19-2/h14-16,19H,3-13H2,1-2H3,(H,20,22)/t14-/m0/s1. The lowest BCUT2D eigenvalue weighted by Crippen LogP contribution is -2.50. The quantitative estimate of drug-likeness (QED) is 0.785. The Kier molecular flexibility index (Phi) is 7.34. The Morgan fingerprint density at radius 1 is 1.09 bits per heavy atom. The first kappa shape index (κ1) is 18.2. The van der Waals surface area contributed by atoms with Crippen molar-refractivity contribution in [2.24, 2.45) is 11.8 Å². The molecule has 1 aliphatic carbocycles. The summed E-state index contributed by atoms with van der Waals surface area (Å²) in [6.45, 7) is 4.54. The third-order valence-corrected chi connectivity index (χ3v) is 5.43. The predicted molar refractivity (Wildman–Crippen MR) is 92.0 cm³/mol. The third kappa shape index (κ3) is 5.48. The van der Waals surface area contributed by atoms with Gasteiger partial charge in [-0.3, -0.25) is 9.59 Å². The zero-order valence-electron chi connectivity index (χ0n) is 14.8. The van der Waals surface area contributed by atoms with Gasteiger partial charge in [-0.1, -0.05) is 19.3 Å². The summed E-state index contributed by atoms with van der Waals surface area (Å²) in [5.41, 5.74) is 0. The van der Waals surface area contributed by atoms with Crippen molar-refractivity contribution in [2.75, 3.05) is 26.7 Å². The van der Waals surface area contributed by atoms with Crippen molar-refractivity contribution in [1.29, 1.82) is 0 Å². The molecule has 5 heteroatoms. The first-order chi connectivity index (χ1) is 11.1. The van der Waals surface area contributed by atoms with Crippen LogP contribution < -0.4 is 10.6 Å². The lowest BCUT2D eigenvalue weighted by atomic mass is 9.88. The van der Waals surface area contributed by atoms with Gasteiger partial charge in [0.25, 0.3) is 0 Å². The van der Waals surface area contributed by atoms with E-state index in [9.17, 15) is 9.59 Å².